The smallest absolute Gasteiger partial charge is 0.222 e. The van der Waals surface area contributed by atoms with Gasteiger partial charge in [-0.3, -0.25) is 4.79 Å². The Bertz CT molecular complexity index is 788. The van der Waals surface area contributed by atoms with Crippen molar-refractivity contribution < 1.29 is 15.0 Å². The van der Waals surface area contributed by atoms with E-state index in [9.17, 15) is 15.0 Å². The predicted molar refractivity (Wildman–Crippen MR) is 121 cm³/mol. The number of allylic oxidation sites excluding steroid dienone is 2. The molecular weight excluding hydrogens is 398 g/mol. The number of fused-ring (bicyclic) bond motifs is 1. The van der Waals surface area contributed by atoms with Crippen molar-refractivity contribution in [3.05, 3.63) is 58.7 Å². The molecule has 2 N–H and O–H groups in total. The first-order valence-corrected chi connectivity index (χ1v) is 11.4. The first kappa shape index (κ1) is 23.1. The molecule has 1 aromatic rings. The van der Waals surface area contributed by atoms with Crippen molar-refractivity contribution in [3.63, 3.8) is 0 Å². The molecule has 0 radical (unpaired) electrons. The number of carbonyl (C=O) groups excluding carboxylic acids is 1. The summed E-state index contributed by atoms with van der Waals surface area (Å²) in [5, 5.41) is 21.6. The van der Waals surface area contributed by atoms with Gasteiger partial charge in [0, 0.05) is 37.9 Å². The largest absolute Gasteiger partial charge is 0.392 e. The number of nitrogens with zero attached hydrogens (tertiary/aromatic N) is 1. The third-order valence-electron chi connectivity index (χ3n) is 6.48. The van der Waals surface area contributed by atoms with Crippen LogP contribution in [-0.4, -0.2) is 47.3 Å². The predicted octanol–water partition coefficient (Wildman–Crippen LogP) is 4.39. The summed E-state index contributed by atoms with van der Waals surface area (Å²) in [5.74, 6) is 1.14. The standard InChI is InChI=1S/C25H34ClNO3/c1-27(2)25(30)9-4-3-6-17-12-19-16-24(29)22(23(19)15-17)11-10-21(28)14-18-7-5-8-20(26)13-18/h5,7-8,10-13,19,21-24,28-29H,3-4,6,9,14-16H2,1-2H3/b11-10+/t19-,21-,22+,23-,24+/m0/s1. The minimum Gasteiger partial charge on any atom is -0.392 e. The van der Waals surface area contributed by atoms with Crippen LogP contribution < -0.4 is 0 Å². The van der Waals surface area contributed by atoms with Gasteiger partial charge >= 0.3 is 0 Å². The van der Waals surface area contributed by atoms with Crippen LogP contribution in [0.25, 0.3) is 0 Å². The zero-order valence-corrected chi connectivity index (χ0v) is 18.8. The maximum Gasteiger partial charge on any atom is 0.222 e. The number of hydrogen-bond donors (Lipinski definition) is 2. The molecule has 1 saturated carbocycles. The van der Waals surface area contributed by atoms with E-state index in [1.165, 1.54) is 5.57 Å². The van der Waals surface area contributed by atoms with Crippen molar-refractivity contribution in [1.82, 2.24) is 4.90 Å². The molecule has 0 saturated heterocycles. The molecule has 30 heavy (non-hydrogen) atoms. The number of halogens is 1. The Hall–Kier alpha value is -1.62. The molecule has 1 amide bonds. The van der Waals surface area contributed by atoms with Gasteiger partial charge in [0.05, 0.1) is 12.2 Å². The lowest BCUT2D eigenvalue weighted by molar-refractivity contribution is -0.128. The molecule has 0 spiro atoms. The van der Waals surface area contributed by atoms with Gasteiger partial charge in [-0.15, -0.1) is 0 Å². The van der Waals surface area contributed by atoms with Crippen molar-refractivity contribution in [2.45, 2.75) is 57.2 Å². The minimum atomic E-state index is -0.585. The van der Waals surface area contributed by atoms with E-state index in [-0.39, 0.29) is 17.9 Å². The van der Waals surface area contributed by atoms with E-state index >= 15 is 0 Å². The Morgan fingerprint density at radius 3 is 2.87 bits per heavy atom. The Labute approximate surface area is 185 Å². The van der Waals surface area contributed by atoms with Gasteiger partial charge in [-0.2, -0.15) is 0 Å². The van der Waals surface area contributed by atoms with E-state index in [2.05, 4.69) is 6.08 Å². The monoisotopic (exact) mass is 431 g/mol. The van der Waals surface area contributed by atoms with E-state index in [4.69, 9.17) is 11.6 Å². The number of aliphatic hydroxyl groups excluding tert-OH is 2. The van der Waals surface area contributed by atoms with Crippen LogP contribution in [0.15, 0.2) is 48.1 Å². The van der Waals surface area contributed by atoms with Crippen molar-refractivity contribution in [3.8, 4) is 0 Å². The molecule has 0 heterocycles. The highest BCUT2D eigenvalue weighted by Crippen LogP contribution is 2.48. The number of benzene rings is 1. The van der Waals surface area contributed by atoms with E-state index < -0.39 is 6.10 Å². The Morgan fingerprint density at radius 1 is 1.33 bits per heavy atom. The SMILES string of the molecule is CN(C)C(=O)CCCCC1=C[C@H]2C[C@@H](O)[C@H](/C=C/[C@H](O)Cc3cccc(Cl)c3)[C@H]2C1. The number of hydrogen-bond acceptors (Lipinski definition) is 3. The van der Waals surface area contributed by atoms with Gasteiger partial charge in [-0.05, 0) is 61.6 Å². The average molecular weight is 432 g/mol. The van der Waals surface area contributed by atoms with Crippen LogP contribution in [-0.2, 0) is 11.2 Å². The molecule has 1 aromatic carbocycles. The Kier molecular flexibility index (Phi) is 8.15. The molecule has 0 unspecified atom stereocenters. The van der Waals surface area contributed by atoms with Crippen LogP contribution >= 0.6 is 11.6 Å². The Balaban J connectivity index is 1.47. The summed E-state index contributed by atoms with van der Waals surface area (Å²) in [6.07, 6.45) is 11.2. The van der Waals surface area contributed by atoms with E-state index in [0.717, 1.165) is 37.7 Å². The molecule has 164 valence electrons. The van der Waals surface area contributed by atoms with Crippen molar-refractivity contribution in [2.75, 3.05) is 14.1 Å². The molecule has 0 aliphatic heterocycles. The number of amides is 1. The fraction of sp³-hybridized carbons (Fsp3) is 0.560. The fourth-order valence-corrected chi connectivity index (χ4v) is 5.09. The van der Waals surface area contributed by atoms with Crippen LogP contribution in [0.4, 0.5) is 0 Å². The number of aliphatic hydroxyl groups is 2. The van der Waals surface area contributed by atoms with Gasteiger partial charge in [0.25, 0.3) is 0 Å². The van der Waals surface area contributed by atoms with Crippen LogP contribution in [0, 0.1) is 17.8 Å². The molecule has 5 atom stereocenters. The highest BCUT2D eigenvalue weighted by atomic mass is 35.5. The molecule has 4 nitrogen and oxygen atoms in total. The van der Waals surface area contributed by atoms with E-state index in [1.54, 1.807) is 19.0 Å². The second-order valence-corrected chi connectivity index (χ2v) is 9.46. The summed E-state index contributed by atoms with van der Waals surface area (Å²) in [5.41, 5.74) is 2.47. The lowest BCUT2D eigenvalue weighted by Crippen LogP contribution is -2.21. The summed E-state index contributed by atoms with van der Waals surface area (Å²) in [7, 11) is 3.60. The summed E-state index contributed by atoms with van der Waals surface area (Å²) >= 11 is 6.02. The van der Waals surface area contributed by atoms with Crippen molar-refractivity contribution in [1.29, 1.82) is 0 Å². The van der Waals surface area contributed by atoms with Gasteiger partial charge in [-0.1, -0.05) is 47.5 Å². The quantitative estimate of drug-likeness (QED) is 0.450. The first-order chi connectivity index (χ1) is 14.3. The van der Waals surface area contributed by atoms with E-state index in [1.807, 2.05) is 36.4 Å². The maximum absolute atomic E-state index is 11.7. The topological polar surface area (TPSA) is 60.8 Å². The van der Waals surface area contributed by atoms with Crippen molar-refractivity contribution >= 4 is 17.5 Å². The van der Waals surface area contributed by atoms with Crippen LogP contribution in [0.2, 0.25) is 5.02 Å². The molecule has 2 aliphatic rings. The summed E-state index contributed by atoms with van der Waals surface area (Å²) in [6.45, 7) is 0. The number of unbranched alkanes of at least 4 members (excludes halogenated alkanes) is 1. The molecular formula is C25H34ClNO3. The highest BCUT2D eigenvalue weighted by Gasteiger charge is 2.43. The molecule has 3 rings (SSSR count). The number of rotatable bonds is 9. The van der Waals surface area contributed by atoms with Crippen LogP contribution in [0.1, 0.15) is 44.1 Å². The summed E-state index contributed by atoms with van der Waals surface area (Å²) < 4.78 is 0. The molecule has 5 heteroatoms. The average Bonchev–Trinajstić information content (AvgIpc) is 3.19. The van der Waals surface area contributed by atoms with Gasteiger partial charge in [-0.25, -0.2) is 0 Å². The fourth-order valence-electron chi connectivity index (χ4n) is 4.87. The third kappa shape index (κ3) is 6.19. The van der Waals surface area contributed by atoms with Crippen molar-refractivity contribution in [2.24, 2.45) is 17.8 Å². The first-order valence-electron chi connectivity index (χ1n) is 11.0. The van der Waals surface area contributed by atoms with Gasteiger partial charge in [0.2, 0.25) is 5.91 Å². The zero-order valence-electron chi connectivity index (χ0n) is 18.0. The van der Waals surface area contributed by atoms with Gasteiger partial charge in [0.1, 0.15) is 0 Å². The summed E-state index contributed by atoms with van der Waals surface area (Å²) in [6, 6.07) is 7.55. The normalized spacial score (nSPS) is 26.6. The molecule has 0 aromatic heterocycles. The number of carbonyl (C=O) groups is 1. The second-order valence-electron chi connectivity index (χ2n) is 9.02. The molecule has 1 fully saturated rings. The maximum atomic E-state index is 11.7. The summed E-state index contributed by atoms with van der Waals surface area (Å²) in [4.78, 5) is 13.3. The lowest BCUT2D eigenvalue weighted by Gasteiger charge is -2.19. The molecule has 2 aliphatic carbocycles. The van der Waals surface area contributed by atoms with E-state index in [0.29, 0.717) is 29.7 Å². The van der Waals surface area contributed by atoms with Gasteiger partial charge < -0.3 is 15.1 Å². The second kappa shape index (κ2) is 10.6. The lowest BCUT2D eigenvalue weighted by atomic mass is 9.88. The van der Waals surface area contributed by atoms with Crippen LogP contribution in [0.5, 0.6) is 0 Å². The van der Waals surface area contributed by atoms with Crippen LogP contribution in [0.3, 0.4) is 0 Å². The minimum absolute atomic E-state index is 0.0908. The highest BCUT2D eigenvalue weighted by molar-refractivity contribution is 6.30. The zero-order chi connectivity index (χ0) is 21.7. The Morgan fingerprint density at radius 2 is 2.13 bits per heavy atom. The molecule has 0 bridgehead atoms. The third-order valence-corrected chi connectivity index (χ3v) is 6.71. The van der Waals surface area contributed by atoms with Gasteiger partial charge in [0.15, 0.2) is 0 Å².